The first-order valence-corrected chi connectivity index (χ1v) is 6.91. The smallest absolute Gasteiger partial charge is 0.250 e. The molecule has 0 aliphatic heterocycles. The Hall–Kier alpha value is -0.270. The van der Waals surface area contributed by atoms with Crippen LogP contribution in [0.1, 0.15) is 6.42 Å². The molecule has 13 heavy (non-hydrogen) atoms. The van der Waals surface area contributed by atoms with Crippen LogP contribution in [0.5, 0.6) is 0 Å². The highest BCUT2D eigenvalue weighted by atomic mass is 32.2. The van der Waals surface area contributed by atoms with E-state index >= 15 is 0 Å². The molecule has 0 saturated heterocycles. The molecule has 0 bridgehead atoms. The van der Waals surface area contributed by atoms with E-state index in [9.17, 15) is 13.2 Å². The first-order chi connectivity index (χ1) is 5.87. The van der Waals surface area contributed by atoms with Gasteiger partial charge in [-0.05, 0) is 18.4 Å². The van der Waals surface area contributed by atoms with Crippen molar-refractivity contribution in [3.05, 3.63) is 0 Å². The first kappa shape index (κ1) is 12.7. The van der Waals surface area contributed by atoms with Gasteiger partial charge in [-0.1, -0.05) is 0 Å². The number of sulfonamides is 1. The second-order valence-electron chi connectivity index (χ2n) is 2.63. The molecule has 0 aliphatic rings. The lowest BCUT2D eigenvalue weighted by atomic mass is 10.2. The molecule has 5 nitrogen and oxygen atoms in total. The van der Waals surface area contributed by atoms with Crippen molar-refractivity contribution >= 4 is 27.7 Å². The van der Waals surface area contributed by atoms with Crippen LogP contribution in [0.25, 0.3) is 0 Å². The summed E-state index contributed by atoms with van der Waals surface area (Å²) in [6.45, 7) is 0. The monoisotopic (exact) mass is 226 g/mol. The third-order valence-electron chi connectivity index (χ3n) is 1.26. The second kappa shape index (κ2) is 5.46. The molecule has 0 fully saturated rings. The van der Waals surface area contributed by atoms with Crippen LogP contribution >= 0.6 is 11.8 Å². The van der Waals surface area contributed by atoms with Crippen LogP contribution in [0.15, 0.2) is 0 Å². The molecular formula is C6H14N2O3S2. The Labute approximate surface area is 82.5 Å². The van der Waals surface area contributed by atoms with E-state index in [-0.39, 0.29) is 0 Å². The van der Waals surface area contributed by atoms with Gasteiger partial charge in [0.05, 0.1) is 12.3 Å². The fraction of sp³-hybridized carbons (Fsp3) is 0.833. The van der Waals surface area contributed by atoms with E-state index in [1.54, 1.807) is 11.8 Å². The van der Waals surface area contributed by atoms with Gasteiger partial charge in [0.25, 0.3) is 0 Å². The van der Waals surface area contributed by atoms with Crippen LogP contribution in [0.2, 0.25) is 0 Å². The van der Waals surface area contributed by atoms with Crippen molar-refractivity contribution in [2.75, 3.05) is 18.3 Å². The number of carbonyl (C=O) groups excluding carboxylic acids is 1. The number of nitrogens with one attached hydrogen (secondary N) is 1. The standard InChI is InChI=1S/C6H14N2O3S2/c1-12-4-3-5(7)6(9)8-13(2,10)11/h5H,3-4,7H2,1-2H3,(H,8,9)/t5-/m0/s1. The lowest BCUT2D eigenvalue weighted by molar-refractivity contribution is -0.120. The molecule has 0 aromatic carbocycles. The lowest BCUT2D eigenvalue weighted by Gasteiger charge is -2.09. The van der Waals surface area contributed by atoms with Crippen molar-refractivity contribution in [1.29, 1.82) is 0 Å². The Morgan fingerprint density at radius 3 is 2.54 bits per heavy atom. The van der Waals surface area contributed by atoms with Gasteiger partial charge in [0.2, 0.25) is 15.9 Å². The number of thioether (sulfide) groups is 1. The van der Waals surface area contributed by atoms with Crippen LogP contribution in [0.4, 0.5) is 0 Å². The van der Waals surface area contributed by atoms with Crippen LogP contribution in [-0.4, -0.2) is 38.6 Å². The van der Waals surface area contributed by atoms with Gasteiger partial charge in [-0.2, -0.15) is 11.8 Å². The summed E-state index contributed by atoms with van der Waals surface area (Å²) in [5.41, 5.74) is 5.42. The number of nitrogens with two attached hydrogens (primary N) is 1. The molecule has 0 heterocycles. The summed E-state index contributed by atoms with van der Waals surface area (Å²) in [5, 5.41) is 0. The van der Waals surface area contributed by atoms with Crippen molar-refractivity contribution in [3.63, 3.8) is 0 Å². The molecule has 1 atom stereocenters. The highest BCUT2D eigenvalue weighted by Crippen LogP contribution is 1.98. The van der Waals surface area contributed by atoms with Crippen molar-refractivity contribution in [3.8, 4) is 0 Å². The fourth-order valence-corrected chi connectivity index (χ4v) is 1.64. The molecule has 0 rings (SSSR count). The van der Waals surface area contributed by atoms with Gasteiger partial charge in [-0.25, -0.2) is 8.42 Å². The van der Waals surface area contributed by atoms with E-state index in [1.165, 1.54) is 0 Å². The lowest BCUT2D eigenvalue weighted by Crippen LogP contribution is -2.43. The molecule has 0 aromatic heterocycles. The van der Waals surface area contributed by atoms with Gasteiger partial charge in [-0.15, -0.1) is 0 Å². The zero-order valence-electron chi connectivity index (χ0n) is 7.61. The molecule has 0 aliphatic carbocycles. The zero-order valence-corrected chi connectivity index (χ0v) is 9.24. The quantitative estimate of drug-likeness (QED) is 0.637. The Bertz CT molecular complexity index is 263. The summed E-state index contributed by atoms with van der Waals surface area (Å²) in [6, 6.07) is -0.748. The minimum Gasteiger partial charge on any atom is -0.320 e. The van der Waals surface area contributed by atoms with Crippen molar-refractivity contribution in [2.24, 2.45) is 5.73 Å². The average molecular weight is 226 g/mol. The number of rotatable bonds is 5. The van der Waals surface area contributed by atoms with Crippen LogP contribution in [0.3, 0.4) is 0 Å². The highest BCUT2D eigenvalue weighted by molar-refractivity contribution is 7.98. The fourth-order valence-electron chi connectivity index (χ4n) is 0.634. The van der Waals surface area contributed by atoms with E-state index in [0.717, 1.165) is 12.0 Å². The molecule has 0 radical (unpaired) electrons. The molecule has 3 N–H and O–H groups in total. The third kappa shape index (κ3) is 6.85. The maximum atomic E-state index is 11.0. The summed E-state index contributed by atoms with van der Waals surface area (Å²) >= 11 is 1.56. The van der Waals surface area contributed by atoms with E-state index in [0.29, 0.717) is 6.42 Å². The van der Waals surface area contributed by atoms with Gasteiger partial charge in [0.15, 0.2) is 0 Å². The predicted molar refractivity (Wildman–Crippen MR) is 54.0 cm³/mol. The summed E-state index contributed by atoms with van der Waals surface area (Å²) in [6.07, 6.45) is 3.29. The molecule has 0 aromatic rings. The molecule has 7 heteroatoms. The third-order valence-corrected chi connectivity index (χ3v) is 2.47. The van der Waals surface area contributed by atoms with Gasteiger partial charge in [0, 0.05) is 0 Å². The van der Waals surface area contributed by atoms with Crippen LogP contribution < -0.4 is 10.5 Å². The maximum Gasteiger partial charge on any atom is 0.250 e. The topological polar surface area (TPSA) is 89.3 Å². The molecule has 0 saturated carbocycles. The van der Waals surface area contributed by atoms with Gasteiger partial charge in [0.1, 0.15) is 0 Å². The number of hydrogen-bond donors (Lipinski definition) is 2. The maximum absolute atomic E-state index is 11.0. The Balaban J connectivity index is 3.97. The normalized spacial score (nSPS) is 13.8. The number of amides is 1. The van der Waals surface area contributed by atoms with E-state index in [1.807, 2.05) is 11.0 Å². The SMILES string of the molecule is CSCC[C@H](N)C(=O)NS(C)(=O)=O. The first-order valence-electron chi connectivity index (χ1n) is 3.63. The van der Waals surface area contributed by atoms with Crippen molar-refractivity contribution in [1.82, 2.24) is 4.72 Å². The van der Waals surface area contributed by atoms with Gasteiger partial charge < -0.3 is 5.73 Å². The average Bonchev–Trinajstić information content (AvgIpc) is 1.96. The van der Waals surface area contributed by atoms with Gasteiger partial charge >= 0.3 is 0 Å². The molecule has 1 amide bonds. The van der Waals surface area contributed by atoms with E-state index in [2.05, 4.69) is 0 Å². The second-order valence-corrected chi connectivity index (χ2v) is 5.36. The molecule has 0 unspecified atom stereocenters. The van der Waals surface area contributed by atoms with Crippen molar-refractivity contribution in [2.45, 2.75) is 12.5 Å². The Morgan fingerprint density at radius 1 is 1.62 bits per heavy atom. The molecule has 78 valence electrons. The largest absolute Gasteiger partial charge is 0.320 e. The van der Waals surface area contributed by atoms with E-state index < -0.39 is 22.0 Å². The van der Waals surface area contributed by atoms with Crippen LogP contribution in [0, 0.1) is 0 Å². The molecule has 0 spiro atoms. The predicted octanol–water partition coefficient (Wildman–Crippen LogP) is -0.857. The highest BCUT2D eigenvalue weighted by Gasteiger charge is 2.16. The summed E-state index contributed by atoms with van der Waals surface area (Å²) in [5.74, 6) is 0.0924. The zero-order chi connectivity index (χ0) is 10.5. The minimum atomic E-state index is -3.48. The van der Waals surface area contributed by atoms with Crippen molar-refractivity contribution < 1.29 is 13.2 Å². The summed E-state index contributed by atoms with van der Waals surface area (Å²) in [7, 11) is -3.48. The number of hydrogen-bond acceptors (Lipinski definition) is 5. The molecular weight excluding hydrogens is 212 g/mol. The van der Waals surface area contributed by atoms with Gasteiger partial charge in [-0.3, -0.25) is 9.52 Å². The minimum absolute atomic E-state index is 0.475. The Morgan fingerprint density at radius 2 is 2.15 bits per heavy atom. The number of carbonyl (C=O) groups is 1. The Kier molecular flexibility index (Phi) is 5.34. The van der Waals surface area contributed by atoms with Crippen LogP contribution in [-0.2, 0) is 14.8 Å². The summed E-state index contributed by atoms with van der Waals surface area (Å²) < 4.78 is 23.1. The summed E-state index contributed by atoms with van der Waals surface area (Å²) in [4.78, 5) is 11.0. The van der Waals surface area contributed by atoms with E-state index in [4.69, 9.17) is 5.73 Å².